The number of alkyl halides is 3. The van der Waals surface area contributed by atoms with Crippen molar-refractivity contribution in [1.82, 2.24) is 19.5 Å². The number of amides is 1. The van der Waals surface area contributed by atoms with Crippen LogP contribution in [0.15, 0.2) is 18.2 Å². The summed E-state index contributed by atoms with van der Waals surface area (Å²) in [6, 6.07) is 3.49. The molecule has 2 aromatic rings. The fraction of sp³-hybridized carbons (Fsp3) is 0.467. The molecular formula is C15H15F3N4O2S. The van der Waals surface area contributed by atoms with Crippen molar-refractivity contribution in [3.05, 3.63) is 34.5 Å². The second kappa shape index (κ2) is 6.95. The summed E-state index contributed by atoms with van der Waals surface area (Å²) in [4.78, 5) is 17.9. The lowest BCUT2D eigenvalue weighted by atomic mass is 10.1. The van der Waals surface area contributed by atoms with E-state index < -0.39 is 11.9 Å². The number of hydrogen-bond acceptors (Lipinski definition) is 6. The zero-order valence-electron chi connectivity index (χ0n) is 13.3. The van der Waals surface area contributed by atoms with Crippen molar-refractivity contribution in [3.8, 4) is 5.88 Å². The summed E-state index contributed by atoms with van der Waals surface area (Å²) < 4.78 is 47.2. The van der Waals surface area contributed by atoms with Gasteiger partial charge in [0.25, 0.3) is 5.91 Å². The van der Waals surface area contributed by atoms with E-state index in [1.165, 1.54) is 12.1 Å². The Morgan fingerprint density at radius 3 is 2.84 bits per heavy atom. The lowest BCUT2D eigenvalue weighted by Crippen LogP contribution is -2.56. The number of aryl methyl sites for hydroxylation is 1. The number of halogens is 3. The maximum Gasteiger partial charge on any atom is 0.433 e. The SMILES string of the molecule is CCCc1nnsc1C(=O)N1CC(Oc2cccc(C(F)(F)F)n2)C1. The van der Waals surface area contributed by atoms with E-state index in [9.17, 15) is 18.0 Å². The predicted molar refractivity (Wildman–Crippen MR) is 83.5 cm³/mol. The van der Waals surface area contributed by atoms with E-state index in [1.54, 1.807) is 4.90 Å². The molecule has 1 saturated heterocycles. The van der Waals surface area contributed by atoms with Crippen molar-refractivity contribution >= 4 is 17.4 Å². The molecule has 0 atom stereocenters. The number of likely N-dealkylation sites (tertiary alicyclic amines) is 1. The highest BCUT2D eigenvalue weighted by atomic mass is 32.1. The highest BCUT2D eigenvalue weighted by molar-refractivity contribution is 7.08. The molecule has 1 fully saturated rings. The normalized spacial score (nSPS) is 15.1. The van der Waals surface area contributed by atoms with Gasteiger partial charge in [0.05, 0.1) is 18.8 Å². The molecule has 0 N–H and O–H groups in total. The highest BCUT2D eigenvalue weighted by Crippen LogP contribution is 2.29. The van der Waals surface area contributed by atoms with E-state index in [2.05, 4.69) is 14.6 Å². The van der Waals surface area contributed by atoms with Crippen molar-refractivity contribution in [3.63, 3.8) is 0 Å². The topological polar surface area (TPSA) is 68.2 Å². The van der Waals surface area contributed by atoms with E-state index in [0.29, 0.717) is 30.1 Å². The number of ether oxygens (including phenoxy) is 1. The molecule has 1 aliphatic rings. The Bertz CT molecular complexity index is 759. The molecule has 3 rings (SSSR count). The first kappa shape index (κ1) is 17.6. The van der Waals surface area contributed by atoms with Crippen LogP contribution in [0.5, 0.6) is 5.88 Å². The number of nitrogens with zero attached hydrogens (tertiary/aromatic N) is 4. The minimum Gasteiger partial charge on any atom is -0.471 e. The maximum atomic E-state index is 12.6. The van der Waals surface area contributed by atoms with Crippen LogP contribution < -0.4 is 4.74 Å². The summed E-state index contributed by atoms with van der Waals surface area (Å²) in [6.45, 7) is 2.57. The third-order valence-electron chi connectivity index (χ3n) is 3.67. The summed E-state index contributed by atoms with van der Waals surface area (Å²) in [5.74, 6) is -0.270. The Morgan fingerprint density at radius 2 is 2.16 bits per heavy atom. The first-order chi connectivity index (χ1) is 11.9. The van der Waals surface area contributed by atoms with Gasteiger partial charge < -0.3 is 9.64 Å². The molecular weight excluding hydrogens is 357 g/mol. The van der Waals surface area contributed by atoms with Gasteiger partial charge in [-0.05, 0) is 24.0 Å². The largest absolute Gasteiger partial charge is 0.471 e. The average molecular weight is 372 g/mol. The van der Waals surface area contributed by atoms with Crippen LogP contribution in [-0.2, 0) is 12.6 Å². The van der Waals surface area contributed by atoms with Gasteiger partial charge >= 0.3 is 6.18 Å². The maximum absolute atomic E-state index is 12.6. The lowest BCUT2D eigenvalue weighted by Gasteiger charge is -2.38. The monoisotopic (exact) mass is 372 g/mol. The van der Waals surface area contributed by atoms with Gasteiger partial charge in [0.2, 0.25) is 5.88 Å². The van der Waals surface area contributed by atoms with Crippen molar-refractivity contribution in [1.29, 1.82) is 0 Å². The molecule has 134 valence electrons. The Balaban J connectivity index is 1.58. The summed E-state index contributed by atoms with van der Waals surface area (Å²) in [5, 5.41) is 3.96. The van der Waals surface area contributed by atoms with E-state index in [0.717, 1.165) is 24.0 Å². The van der Waals surface area contributed by atoms with E-state index in [-0.39, 0.29) is 17.9 Å². The van der Waals surface area contributed by atoms with Gasteiger partial charge in [0.15, 0.2) is 0 Å². The van der Waals surface area contributed by atoms with Crippen LogP contribution in [0.4, 0.5) is 13.2 Å². The van der Waals surface area contributed by atoms with Crippen LogP contribution in [0.1, 0.15) is 34.4 Å². The molecule has 3 heterocycles. The van der Waals surface area contributed by atoms with Crippen molar-refractivity contribution < 1.29 is 22.7 Å². The molecule has 1 amide bonds. The van der Waals surface area contributed by atoms with Crippen molar-refractivity contribution in [2.24, 2.45) is 0 Å². The van der Waals surface area contributed by atoms with Gasteiger partial charge in [-0.3, -0.25) is 4.79 Å². The van der Waals surface area contributed by atoms with E-state index >= 15 is 0 Å². The molecule has 0 bridgehead atoms. The quantitative estimate of drug-likeness (QED) is 0.807. The standard InChI is InChI=1S/C15H15F3N4O2S/c1-2-4-10-13(25-21-20-10)14(23)22-7-9(8-22)24-12-6-3-5-11(19-12)15(16,17)18/h3,5-6,9H,2,4,7-8H2,1H3. The zero-order chi connectivity index (χ0) is 18.0. The number of carbonyl (C=O) groups excluding carboxylic acids is 1. The smallest absolute Gasteiger partial charge is 0.433 e. The molecule has 25 heavy (non-hydrogen) atoms. The summed E-state index contributed by atoms with van der Waals surface area (Å²) in [5.41, 5.74) is -0.321. The van der Waals surface area contributed by atoms with Crippen LogP contribution in [-0.4, -0.2) is 44.6 Å². The third kappa shape index (κ3) is 3.89. The van der Waals surface area contributed by atoms with Crippen LogP contribution in [0.25, 0.3) is 0 Å². The molecule has 0 radical (unpaired) electrons. The number of aromatic nitrogens is 3. The van der Waals surface area contributed by atoms with E-state index in [4.69, 9.17) is 4.74 Å². The molecule has 10 heteroatoms. The Kier molecular flexibility index (Phi) is 4.89. The minimum atomic E-state index is -4.52. The van der Waals surface area contributed by atoms with Gasteiger partial charge in [-0.1, -0.05) is 23.9 Å². The first-order valence-electron chi connectivity index (χ1n) is 7.70. The highest BCUT2D eigenvalue weighted by Gasteiger charge is 2.36. The van der Waals surface area contributed by atoms with Gasteiger partial charge in [-0.25, -0.2) is 4.98 Å². The summed E-state index contributed by atoms with van der Waals surface area (Å²) >= 11 is 1.05. The minimum absolute atomic E-state index is 0.0990. The molecule has 0 saturated carbocycles. The third-order valence-corrected chi connectivity index (χ3v) is 4.43. The van der Waals surface area contributed by atoms with Gasteiger partial charge in [-0.2, -0.15) is 13.2 Å². The number of rotatable bonds is 5. The molecule has 0 spiro atoms. The molecule has 0 aromatic carbocycles. The summed E-state index contributed by atoms with van der Waals surface area (Å²) in [7, 11) is 0. The zero-order valence-corrected chi connectivity index (χ0v) is 14.1. The van der Waals surface area contributed by atoms with Crippen LogP contribution in [0, 0.1) is 0 Å². The van der Waals surface area contributed by atoms with E-state index in [1.807, 2.05) is 6.92 Å². The average Bonchev–Trinajstić information content (AvgIpc) is 2.98. The van der Waals surface area contributed by atoms with Crippen LogP contribution >= 0.6 is 11.5 Å². The number of hydrogen-bond donors (Lipinski definition) is 0. The van der Waals surface area contributed by atoms with Gasteiger partial charge in [0, 0.05) is 6.07 Å². The second-order valence-corrected chi connectivity index (χ2v) is 6.36. The Morgan fingerprint density at radius 1 is 1.40 bits per heavy atom. The second-order valence-electron chi connectivity index (χ2n) is 5.61. The molecule has 6 nitrogen and oxygen atoms in total. The Labute approximate surface area is 145 Å². The molecule has 1 aliphatic heterocycles. The molecule has 0 unspecified atom stereocenters. The number of carbonyl (C=O) groups is 1. The molecule has 2 aromatic heterocycles. The summed E-state index contributed by atoms with van der Waals surface area (Å²) in [6.07, 6.45) is -3.36. The van der Waals surface area contributed by atoms with Crippen LogP contribution in [0.3, 0.4) is 0 Å². The first-order valence-corrected chi connectivity index (χ1v) is 8.47. The fourth-order valence-corrected chi connectivity index (χ4v) is 3.08. The Hall–Kier alpha value is -2.23. The fourth-order valence-electron chi connectivity index (χ4n) is 2.40. The molecule has 0 aliphatic carbocycles. The lowest BCUT2D eigenvalue weighted by molar-refractivity contribution is -0.141. The number of pyridine rings is 1. The van der Waals surface area contributed by atoms with Crippen LogP contribution in [0.2, 0.25) is 0 Å². The predicted octanol–water partition coefficient (Wildman–Crippen LogP) is 2.81. The van der Waals surface area contributed by atoms with Gasteiger partial charge in [-0.15, -0.1) is 5.10 Å². The van der Waals surface area contributed by atoms with Crippen molar-refractivity contribution in [2.45, 2.75) is 32.0 Å². The van der Waals surface area contributed by atoms with Crippen molar-refractivity contribution in [2.75, 3.05) is 13.1 Å². The van der Waals surface area contributed by atoms with Gasteiger partial charge in [0.1, 0.15) is 16.7 Å².